The topological polar surface area (TPSA) is 29.1 Å². The van der Waals surface area contributed by atoms with Crippen LogP contribution >= 0.6 is 0 Å². The van der Waals surface area contributed by atoms with Crippen LogP contribution in [0.4, 0.5) is 0 Å². The molecule has 3 atom stereocenters. The minimum absolute atomic E-state index is 0.273. The monoisotopic (exact) mass is 243 g/mol. The number of nitrogens with one attached hydrogen (secondary N) is 1. The second-order valence-electron chi connectivity index (χ2n) is 5.70. The third-order valence-electron chi connectivity index (χ3n) is 4.52. The first-order valence-corrected chi connectivity index (χ1v) is 7.13. The molecule has 0 aliphatic carbocycles. The molecule has 0 spiro atoms. The van der Waals surface area contributed by atoms with E-state index >= 15 is 0 Å². The van der Waals surface area contributed by atoms with Gasteiger partial charge in [0.1, 0.15) is 5.78 Å². The van der Waals surface area contributed by atoms with Crippen LogP contribution in [-0.2, 0) is 17.6 Å². The van der Waals surface area contributed by atoms with Crippen molar-refractivity contribution in [3.63, 3.8) is 0 Å². The predicted molar refractivity (Wildman–Crippen MR) is 72.6 cm³/mol. The van der Waals surface area contributed by atoms with Gasteiger partial charge in [0.2, 0.25) is 0 Å². The lowest BCUT2D eigenvalue weighted by molar-refractivity contribution is -0.122. The van der Waals surface area contributed by atoms with Crippen LogP contribution in [0.25, 0.3) is 0 Å². The first-order valence-electron chi connectivity index (χ1n) is 7.13. The van der Waals surface area contributed by atoms with Gasteiger partial charge in [0.25, 0.3) is 0 Å². The summed E-state index contributed by atoms with van der Waals surface area (Å²) in [6, 6.07) is 9.58. The zero-order valence-corrected chi connectivity index (χ0v) is 11.0. The molecule has 3 unspecified atom stereocenters. The molecule has 2 bridgehead atoms. The van der Waals surface area contributed by atoms with Crippen LogP contribution in [0, 0.1) is 5.92 Å². The van der Waals surface area contributed by atoms with Crippen LogP contribution in [0.15, 0.2) is 24.3 Å². The summed E-state index contributed by atoms with van der Waals surface area (Å²) in [5.74, 6) is 0.702. The van der Waals surface area contributed by atoms with Gasteiger partial charge in [-0.3, -0.25) is 4.79 Å². The Labute approximate surface area is 109 Å². The van der Waals surface area contributed by atoms with Gasteiger partial charge >= 0.3 is 0 Å². The van der Waals surface area contributed by atoms with Crippen molar-refractivity contribution < 1.29 is 4.79 Å². The van der Waals surface area contributed by atoms with E-state index in [1.54, 1.807) is 0 Å². The van der Waals surface area contributed by atoms with E-state index in [4.69, 9.17) is 0 Å². The molecule has 0 amide bonds. The maximum absolute atomic E-state index is 12.3. The number of benzene rings is 1. The SMILES string of the molecule is CCc1ccc(CC(=O)C2CC3CCC2N3)cc1. The molecule has 2 saturated heterocycles. The molecule has 1 N–H and O–H groups in total. The van der Waals surface area contributed by atoms with Crippen LogP contribution < -0.4 is 5.32 Å². The molecule has 2 fully saturated rings. The summed E-state index contributed by atoms with van der Waals surface area (Å²) in [6.07, 6.45) is 5.19. The van der Waals surface area contributed by atoms with Crippen LogP contribution in [0.1, 0.15) is 37.3 Å². The van der Waals surface area contributed by atoms with Gasteiger partial charge in [-0.2, -0.15) is 0 Å². The maximum atomic E-state index is 12.3. The minimum atomic E-state index is 0.273. The fraction of sp³-hybridized carbons (Fsp3) is 0.562. The number of hydrogen-bond donors (Lipinski definition) is 1. The third kappa shape index (κ3) is 2.22. The normalized spacial score (nSPS) is 29.7. The number of rotatable bonds is 4. The zero-order chi connectivity index (χ0) is 12.5. The van der Waals surface area contributed by atoms with Crippen molar-refractivity contribution in [2.75, 3.05) is 0 Å². The number of aryl methyl sites for hydroxylation is 1. The summed E-state index contributed by atoms with van der Waals surface area (Å²) < 4.78 is 0. The molecule has 0 aromatic heterocycles. The second kappa shape index (κ2) is 4.85. The quantitative estimate of drug-likeness (QED) is 0.880. The number of carbonyl (C=O) groups excluding carboxylic acids is 1. The maximum Gasteiger partial charge on any atom is 0.141 e. The first kappa shape index (κ1) is 11.9. The summed E-state index contributed by atoms with van der Waals surface area (Å²) in [4.78, 5) is 12.3. The van der Waals surface area contributed by atoms with E-state index < -0.39 is 0 Å². The molecule has 2 nitrogen and oxygen atoms in total. The highest BCUT2D eigenvalue weighted by molar-refractivity contribution is 5.84. The Balaban J connectivity index is 1.63. The highest BCUT2D eigenvalue weighted by atomic mass is 16.1. The number of carbonyl (C=O) groups is 1. The average molecular weight is 243 g/mol. The van der Waals surface area contributed by atoms with E-state index in [-0.39, 0.29) is 5.92 Å². The fourth-order valence-electron chi connectivity index (χ4n) is 3.41. The molecular weight excluding hydrogens is 222 g/mol. The van der Waals surface area contributed by atoms with E-state index in [0.29, 0.717) is 24.3 Å². The Kier molecular flexibility index (Phi) is 3.21. The van der Waals surface area contributed by atoms with Crippen molar-refractivity contribution in [3.8, 4) is 0 Å². The highest BCUT2D eigenvalue weighted by Gasteiger charge is 2.42. The lowest BCUT2D eigenvalue weighted by Crippen LogP contribution is -2.29. The lowest BCUT2D eigenvalue weighted by atomic mass is 9.84. The van der Waals surface area contributed by atoms with Crippen LogP contribution in [0.3, 0.4) is 0 Å². The molecule has 3 rings (SSSR count). The Morgan fingerprint density at radius 3 is 2.50 bits per heavy atom. The smallest absolute Gasteiger partial charge is 0.141 e. The molecular formula is C16H21NO. The first-order chi connectivity index (χ1) is 8.76. The minimum Gasteiger partial charge on any atom is -0.310 e. The van der Waals surface area contributed by atoms with Gasteiger partial charge in [-0.25, -0.2) is 0 Å². The van der Waals surface area contributed by atoms with E-state index in [9.17, 15) is 4.79 Å². The number of fused-ring (bicyclic) bond motifs is 2. The van der Waals surface area contributed by atoms with Gasteiger partial charge in [0.05, 0.1) is 0 Å². The second-order valence-corrected chi connectivity index (χ2v) is 5.70. The zero-order valence-electron chi connectivity index (χ0n) is 11.0. The summed E-state index contributed by atoms with van der Waals surface area (Å²) in [5.41, 5.74) is 2.51. The standard InChI is InChI=1S/C16H21NO/c1-2-11-3-5-12(6-4-11)9-16(18)14-10-13-7-8-15(14)17-13/h3-6,13-15,17H,2,7-10H2,1H3. The average Bonchev–Trinajstić information content (AvgIpc) is 3.02. The van der Waals surface area contributed by atoms with Gasteiger partial charge in [0.15, 0.2) is 0 Å². The van der Waals surface area contributed by atoms with E-state index in [2.05, 4.69) is 36.5 Å². The van der Waals surface area contributed by atoms with Crippen molar-refractivity contribution in [1.82, 2.24) is 5.32 Å². The summed E-state index contributed by atoms with van der Waals surface area (Å²) in [7, 11) is 0. The fourth-order valence-corrected chi connectivity index (χ4v) is 3.41. The van der Waals surface area contributed by atoms with Crippen molar-refractivity contribution in [2.45, 2.75) is 51.1 Å². The van der Waals surface area contributed by atoms with E-state index in [1.807, 2.05) is 0 Å². The Morgan fingerprint density at radius 2 is 1.94 bits per heavy atom. The highest BCUT2D eigenvalue weighted by Crippen LogP contribution is 2.34. The molecule has 2 aliphatic heterocycles. The summed E-state index contributed by atoms with van der Waals surface area (Å²) >= 11 is 0. The number of Topliss-reactive ketones (excluding diaryl/α,β-unsaturated/α-hetero) is 1. The molecule has 96 valence electrons. The third-order valence-corrected chi connectivity index (χ3v) is 4.52. The van der Waals surface area contributed by atoms with Gasteiger partial charge in [0, 0.05) is 24.4 Å². The van der Waals surface area contributed by atoms with Crippen molar-refractivity contribution in [1.29, 1.82) is 0 Å². The molecule has 18 heavy (non-hydrogen) atoms. The van der Waals surface area contributed by atoms with E-state index in [1.165, 1.54) is 24.0 Å². The largest absolute Gasteiger partial charge is 0.310 e. The van der Waals surface area contributed by atoms with Gasteiger partial charge in [-0.05, 0) is 36.8 Å². The Hall–Kier alpha value is -1.15. The van der Waals surface area contributed by atoms with Gasteiger partial charge < -0.3 is 5.32 Å². The Morgan fingerprint density at radius 1 is 1.22 bits per heavy atom. The molecule has 2 heterocycles. The van der Waals surface area contributed by atoms with Crippen molar-refractivity contribution in [2.24, 2.45) is 5.92 Å². The molecule has 1 aromatic rings. The van der Waals surface area contributed by atoms with Crippen LogP contribution in [-0.4, -0.2) is 17.9 Å². The number of ketones is 1. The molecule has 1 aromatic carbocycles. The van der Waals surface area contributed by atoms with Gasteiger partial charge in [-0.1, -0.05) is 31.2 Å². The summed E-state index contributed by atoms with van der Waals surface area (Å²) in [5, 5.41) is 3.54. The van der Waals surface area contributed by atoms with Gasteiger partial charge in [-0.15, -0.1) is 0 Å². The molecule has 2 aliphatic rings. The van der Waals surface area contributed by atoms with Crippen molar-refractivity contribution >= 4 is 5.78 Å². The predicted octanol–water partition coefficient (Wildman–Crippen LogP) is 2.50. The lowest BCUT2D eigenvalue weighted by Gasteiger charge is -2.18. The molecule has 0 radical (unpaired) electrons. The van der Waals surface area contributed by atoms with E-state index in [0.717, 1.165) is 12.8 Å². The van der Waals surface area contributed by atoms with Crippen LogP contribution in [0.2, 0.25) is 0 Å². The molecule has 2 heteroatoms. The molecule has 0 saturated carbocycles. The summed E-state index contributed by atoms with van der Waals surface area (Å²) in [6.45, 7) is 2.15. The Bertz CT molecular complexity index is 437. The number of hydrogen-bond acceptors (Lipinski definition) is 2. The van der Waals surface area contributed by atoms with Crippen LogP contribution in [0.5, 0.6) is 0 Å². The van der Waals surface area contributed by atoms with Crippen molar-refractivity contribution in [3.05, 3.63) is 35.4 Å².